The van der Waals surface area contributed by atoms with E-state index in [4.69, 9.17) is 28.3 Å². The Bertz CT molecular complexity index is 450. The summed E-state index contributed by atoms with van der Waals surface area (Å²) in [6.45, 7) is -0.0921. The third kappa shape index (κ3) is 1.41. The molecule has 2 aromatic rings. The lowest BCUT2D eigenvalue weighted by Gasteiger charge is -1.90. The molecule has 2 nitrogen and oxygen atoms in total. The summed E-state index contributed by atoms with van der Waals surface area (Å²) in [5, 5.41) is 11.0. The van der Waals surface area contributed by atoms with Gasteiger partial charge >= 0.3 is 0 Å². The third-order valence-corrected chi connectivity index (χ3v) is 2.59. The first-order valence-electron chi connectivity index (χ1n) is 3.79. The minimum atomic E-state index is -0.0921. The summed E-state index contributed by atoms with van der Waals surface area (Å²) in [5.41, 5.74) is 1.47. The van der Waals surface area contributed by atoms with Gasteiger partial charge in [0.1, 0.15) is 0 Å². The van der Waals surface area contributed by atoms with Gasteiger partial charge in [0.05, 0.1) is 17.3 Å². The highest BCUT2D eigenvalue weighted by Crippen LogP contribution is 2.29. The predicted molar refractivity (Wildman–Crippen MR) is 54.2 cm³/mol. The summed E-state index contributed by atoms with van der Waals surface area (Å²) in [5.74, 6) is 0. The van der Waals surface area contributed by atoms with Crippen molar-refractivity contribution in [2.45, 2.75) is 6.61 Å². The molecule has 0 aliphatic rings. The molecule has 0 saturated carbocycles. The fraction of sp³-hybridized carbons (Fsp3) is 0.111. The number of hydrogen-bond donors (Lipinski definition) is 2. The van der Waals surface area contributed by atoms with Crippen LogP contribution in [0.3, 0.4) is 0 Å². The summed E-state index contributed by atoms with van der Waals surface area (Å²) in [6, 6.07) is 5.38. The number of H-pyrrole nitrogens is 1. The molecule has 0 amide bonds. The monoisotopic (exact) mass is 215 g/mol. The molecule has 0 unspecified atom stereocenters. The molecule has 0 atom stereocenters. The van der Waals surface area contributed by atoms with Crippen LogP contribution in [0.4, 0.5) is 0 Å². The summed E-state index contributed by atoms with van der Waals surface area (Å²) < 4.78 is 0. The van der Waals surface area contributed by atoms with Gasteiger partial charge in [0.25, 0.3) is 0 Å². The van der Waals surface area contributed by atoms with E-state index < -0.39 is 0 Å². The van der Waals surface area contributed by atoms with Crippen molar-refractivity contribution in [1.82, 2.24) is 4.98 Å². The maximum absolute atomic E-state index is 8.94. The van der Waals surface area contributed by atoms with Crippen LogP contribution < -0.4 is 0 Å². The number of aromatic nitrogens is 1. The van der Waals surface area contributed by atoms with Crippen molar-refractivity contribution in [3.63, 3.8) is 0 Å². The first-order chi connectivity index (χ1) is 6.22. The molecule has 13 heavy (non-hydrogen) atoms. The summed E-state index contributed by atoms with van der Waals surface area (Å²) in [4.78, 5) is 2.99. The Hall–Kier alpha value is -0.700. The molecule has 2 rings (SSSR count). The fourth-order valence-electron chi connectivity index (χ4n) is 1.30. The van der Waals surface area contributed by atoms with Crippen molar-refractivity contribution >= 4 is 34.1 Å². The van der Waals surface area contributed by atoms with Crippen LogP contribution in [0, 0.1) is 0 Å². The largest absolute Gasteiger partial charge is 0.390 e. The van der Waals surface area contributed by atoms with Gasteiger partial charge in [-0.25, -0.2) is 0 Å². The van der Waals surface area contributed by atoms with Gasteiger partial charge in [-0.05, 0) is 18.2 Å². The van der Waals surface area contributed by atoms with E-state index in [2.05, 4.69) is 4.98 Å². The summed E-state index contributed by atoms with van der Waals surface area (Å²) in [7, 11) is 0. The molecule has 0 fully saturated rings. The van der Waals surface area contributed by atoms with E-state index in [1.165, 1.54) is 0 Å². The molecule has 0 aliphatic carbocycles. The topological polar surface area (TPSA) is 36.0 Å². The average Bonchev–Trinajstić information content (AvgIpc) is 2.42. The molecule has 1 aromatic heterocycles. The van der Waals surface area contributed by atoms with Crippen LogP contribution in [0.25, 0.3) is 10.9 Å². The Morgan fingerprint density at radius 1 is 1.31 bits per heavy atom. The molecule has 0 saturated heterocycles. The Kier molecular flexibility index (Phi) is 2.20. The van der Waals surface area contributed by atoms with E-state index in [1.54, 1.807) is 12.1 Å². The number of fused-ring (bicyclic) bond motifs is 1. The van der Waals surface area contributed by atoms with Gasteiger partial charge in [-0.3, -0.25) is 0 Å². The SMILES string of the molecule is OCc1[nH]c2cc(Cl)ccc2c1Cl. The summed E-state index contributed by atoms with van der Waals surface area (Å²) >= 11 is 11.8. The molecular weight excluding hydrogens is 209 g/mol. The van der Waals surface area contributed by atoms with Crippen LogP contribution in [-0.2, 0) is 6.61 Å². The average molecular weight is 216 g/mol. The minimum absolute atomic E-state index is 0.0921. The second kappa shape index (κ2) is 3.22. The number of halogens is 2. The molecule has 0 aliphatic heterocycles. The lowest BCUT2D eigenvalue weighted by atomic mass is 10.2. The van der Waals surface area contributed by atoms with Crippen molar-refractivity contribution < 1.29 is 5.11 Å². The van der Waals surface area contributed by atoms with E-state index in [9.17, 15) is 0 Å². The van der Waals surface area contributed by atoms with Gasteiger partial charge in [0, 0.05) is 15.9 Å². The molecule has 68 valence electrons. The van der Waals surface area contributed by atoms with Gasteiger partial charge in [0.15, 0.2) is 0 Å². The third-order valence-electron chi connectivity index (χ3n) is 1.93. The van der Waals surface area contributed by atoms with Crippen LogP contribution in [-0.4, -0.2) is 10.1 Å². The Labute approximate surface area is 85.1 Å². The first-order valence-corrected chi connectivity index (χ1v) is 4.54. The number of aliphatic hydroxyl groups excluding tert-OH is 1. The molecule has 1 aromatic carbocycles. The zero-order chi connectivity index (χ0) is 9.42. The highest BCUT2D eigenvalue weighted by molar-refractivity contribution is 6.37. The Morgan fingerprint density at radius 2 is 2.08 bits per heavy atom. The number of aromatic amines is 1. The molecule has 0 radical (unpaired) electrons. The molecule has 1 heterocycles. The van der Waals surface area contributed by atoms with E-state index in [0.717, 1.165) is 10.9 Å². The minimum Gasteiger partial charge on any atom is -0.390 e. The van der Waals surface area contributed by atoms with Gasteiger partial charge in [0.2, 0.25) is 0 Å². The standard InChI is InChI=1S/C9H7Cl2NO/c10-5-1-2-6-7(3-5)12-8(4-13)9(6)11/h1-3,12-13H,4H2. The van der Waals surface area contributed by atoms with E-state index in [1.807, 2.05) is 6.07 Å². The number of nitrogens with one attached hydrogen (secondary N) is 1. The second-order valence-electron chi connectivity index (χ2n) is 2.77. The van der Waals surface area contributed by atoms with Crippen molar-refractivity contribution in [3.8, 4) is 0 Å². The van der Waals surface area contributed by atoms with Crippen molar-refractivity contribution in [2.24, 2.45) is 0 Å². The second-order valence-corrected chi connectivity index (χ2v) is 3.58. The highest BCUT2D eigenvalue weighted by atomic mass is 35.5. The van der Waals surface area contributed by atoms with E-state index in [0.29, 0.717) is 15.7 Å². The van der Waals surface area contributed by atoms with Crippen molar-refractivity contribution in [2.75, 3.05) is 0 Å². The van der Waals surface area contributed by atoms with Gasteiger partial charge in [-0.1, -0.05) is 23.2 Å². The molecule has 0 spiro atoms. The van der Waals surface area contributed by atoms with E-state index in [-0.39, 0.29) is 6.61 Å². The Morgan fingerprint density at radius 3 is 2.77 bits per heavy atom. The number of rotatable bonds is 1. The van der Waals surface area contributed by atoms with Gasteiger partial charge < -0.3 is 10.1 Å². The van der Waals surface area contributed by atoms with Crippen LogP contribution in [0.2, 0.25) is 10.0 Å². The lowest BCUT2D eigenvalue weighted by Crippen LogP contribution is -1.81. The quantitative estimate of drug-likeness (QED) is 0.755. The fourth-order valence-corrected chi connectivity index (χ4v) is 1.74. The molecule has 4 heteroatoms. The normalized spacial score (nSPS) is 11.0. The van der Waals surface area contributed by atoms with Crippen molar-refractivity contribution in [1.29, 1.82) is 0 Å². The van der Waals surface area contributed by atoms with Crippen LogP contribution in [0.1, 0.15) is 5.69 Å². The zero-order valence-electron chi connectivity index (χ0n) is 6.64. The predicted octanol–water partition coefficient (Wildman–Crippen LogP) is 2.97. The smallest absolute Gasteiger partial charge is 0.0846 e. The molecule has 0 bridgehead atoms. The van der Waals surface area contributed by atoms with Crippen LogP contribution in [0.5, 0.6) is 0 Å². The van der Waals surface area contributed by atoms with E-state index >= 15 is 0 Å². The van der Waals surface area contributed by atoms with Crippen LogP contribution >= 0.6 is 23.2 Å². The molecule has 2 N–H and O–H groups in total. The van der Waals surface area contributed by atoms with Crippen LogP contribution in [0.15, 0.2) is 18.2 Å². The van der Waals surface area contributed by atoms with Crippen molar-refractivity contribution in [3.05, 3.63) is 33.9 Å². The summed E-state index contributed by atoms with van der Waals surface area (Å²) in [6.07, 6.45) is 0. The number of hydrogen-bond acceptors (Lipinski definition) is 1. The maximum atomic E-state index is 8.94. The van der Waals surface area contributed by atoms with Gasteiger partial charge in [-0.15, -0.1) is 0 Å². The zero-order valence-corrected chi connectivity index (χ0v) is 8.15. The highest BCUT2D eigenvalue weighted by Gasteiger charge is 2.07. The molecular formula is C9H7Cl2NO. The Balaban J connectivity index is 2.76. The number of aliphatic hydroxyl groups is 1. The number of benzene rings is 1. The van der Waals surface area contributed by atoms with Gasteiger partial charge in [-0.2, -0.15) is 0 Å². The maximum Gasteiger partial charge on any atom is 0.0846 e. The first kappa shape index (κ1) is 8.88. The lowest BCUT2D eigenvalue weighted by molar-refractivity contribution is 0.278.